The van der Waals surface area contributed by atoms with Gasteiger partial charge in [-0.05, 0) is 19.1 Å². The van der Waals surface area contributed by atoms with E-state index in [9.17, 15) is 4.79 Å². The summed E-state index contributed by atoms with van der Waals surface area (Å²) in [6.45, 7) is 0.782. The van der Waals surface area contributed by atoms with E-state index in [0.29, 0.717) is 6.42 Å². The zero-order valence-electron chi connectivity index (χ0n) is 5.99. The molecule has 0 unspecified atom stereocenters. The lowest BCUT2D eigenvalue weighted by molar-refractivity contribution is -0.107. The highest BCUT2D eigenvalue weighted by molar-refractivity contribution is 7.80. The van der Waals surface area contributed by atoms with Crippen LogP contribution in [0, 0.1) is 0 Å². The number of carbonyl (C=O) groups is 1. The van der Waals surface area contributed by atoms with Gasteiger partial charge in [-0.15, -0.1) is 0 Å². The van der Waals surface area contributed by atoms with Crippen molar-refractivity contribution >= 4 is 25.1 Å². The fourth-order valence-electron chi connectivity index (χ4n) is 0.533. The van der Waals surface area contributed by atoms with Crippen molar-refractivity contribution in [2.45, 2.75) is 19.3 Å². The first kappa shape index (κ1) is 9.69. The average molecular weight is 159 g/mol. The van der Waals surface area contributed by atoms with Gasteiger partial charge in [0.15, 0.2) is 0 Å². The van der Waals surface area contributed by atoms with E-state index >= 15 is 0 Å². The molecule has 0 aliphatic heterocycles. The van der Waals surface area contributed by atoms with Gasteiger partial charge in [0, 0.05) is 18.7 Å². The van der Waals surface area contributed by atoms with Crippen LogP contribution in [-0.2, 0) is 4.79 Å². The lowest BCUT2D eigenvalue weighted by atomic mass is 10.3. The van der Waals surface area contributed by atoms with Crippen molar-refractivity contribution in [2.75, 3.05) is 12.3 Å². The summed E-state index contributed by atoms with van der Waals surface area (Å²) in [5.74, 6) is 0.796. The molecule has 0 amide bonds. The molecule has 0 aliphatic carbocycles. The third-order valence-electron chi connectivity index (χ3n) is 1.01. The molecule has 0 heterocycles. The molecule has 0 aromatic carbocycles. The van der Waals surface area contributed by atoms with Crippen LogP contribution < -0.4 is 0 Å². The topological polar surface area (TPSA) is 29.4 Å². The van der Waals surface area contributed by atoms with E-state index in [2.05, 4.69) is 17.6 Å². The molecule has 0 aliphatic rings. The van der Waals surface area contributed by atoms with Crippen molar-refractivity contribution in [3.63, 3.8) is 0 Å². The zero-order chi connectivity index (χ0) is 7.66. The van der Waals surface area contributed by atoms with Crippen molar-refractivity contribution in [2.24, 2.45) is 4.99 Å². The first-order chi connectivity index (χ1) is 4.91. The minimum absolute atomic E-state index is 0.646. The number of rotatable bonds is 6. The fourth-order valence-corrected chi connectivity index (χ4v) is 0.648. The zero-order valence-corrected chi connectivity index (χ0v) is 6.89. The Labute approximate surface area is 67.1 Å². The van der Waals surface area contributed by atoms with Crippen LogP contribution in [0.1, 0.15) is 19.3 Å². The summed E-state index contributed by atoms with van der Waals surface area (Å²) in [4.78, 5) is 13.9. The van der Waals surface area contributed by atoms with Crippen molar-refractivity contribution < 1.29 is 4.79 Å². The smallest absolute Gasteiger partial charge is 0.120 e. The first-order valence-electron chi connectivity index (χ1n) is 3.44. The predicted molar refractivity (Wildman–Crippen MR) is 47.1 cm³/mol. The molecule has 0 rings (SSSR count). The third kappa shape index (κ3) is 7.69. The Bertz CT molecular complexity index is 104. The number of carbonyl (C=O) groups excluding carboxylic acids is 1. The van der Waals surface area contributed by atoms with Gasteiger partial charge < -0.3 is 4.79 Å². The maximum Gasteiger partial charge on any atom is 0.120 e. The summed E-state index contributed by atoms with van der Waals surface area (Å²) in [6.07, 6.45) is 5.27. The van der Waals surface area contributed by atoms with E-state index in [-0.39, 0.29) is 0 Å². The number of unbranched alkanes of at least 4 members (excludes halogenated alkanes) is 2. The molecule has 0 fully saturated rings. The maximum absolute atomic E-state index is 9.84. The molecule has 10 heavy (non-hydrogen) atoms. The maximum atomic E-state index is 9.84. The van der Waals surface area contributed by atoms with Gasteiger partial charge in [-0.2, -0.15) is 12.6 Å². The SMILES string of the molecule is O=CCCCC=NCCS. The van der Waals surface area contributed by atoms with Gasteiger partial charge in [-0.3, -0.25) is 4.99 Å². The summed E-state index contributed by atoms with van der Waals surface area (Å²) in [5.41, 5.74) is 0. The van der Waals surface area contributed by atoms with E-state index < -0.39 is 0 Å². The van der Waals surface area contributed by atoms with Crippen LogP contribution in [0.25, 0.3) is 0 Å². The Kier molecular flexibility index (Phi) is 8.42. The van der Waals surface area contributed by atoms with Crippen LogP contribution in [0.3, 0.4) is 0 Å². The monoisotopic (exact) mass is 159 g/mol. The minimum atomic E-state index is 0.646. The van der Waals surface area contributed by atoms with Crippen LogP contribution in [0.5, 0.6) is 0 Å². The molecule has 2 nitrogen and oxygen atoms in total. The highest BCUT2D eigenvalue weighted by Crippen LogP contribution is 1.88. The lowest BCUT2D eigenvalue weighted by Gasteiger charge is -1.86. The van der Waals surface area contributed by atoms with Gasteiger partial charge in [0.25, 0.3) is 0 Å². The highest BCUT2D eigenvalue weighted by atomic mass is 32.1. The Morgan fingerprint density at radius 3 is 2.80 bits per heavy atom. The highest BCUT2D eigenvalue weighted by Gasteiger charge is 1.81. The van der Waals surface area contributed by atoms with Crippen molar-refractivity contribution in [1.82, 2.24) is 0 Å². The average Bonchev–Trinajstić information content (AvgIpc) is 1.97. The normalized spacial score (nSPS) is 10.5. The molecule has 0 saturated carbocycles. The molecule has 0 spiro atoms. The van der Waals surface area contributed by atoms with E-state index in [1.807, 2.05) is 6.21 Å². The third-order valence-corrected chi connectivity index (χ3v) is 1.21. The molecular weight excluding hydrogens is 146 g/mol. The van der Waals surface area contributed by atoms with Crippen LogP contribution in [-0.4, -0.2) is 24.8 Å². The predicted octanol–water partition coefficient (Wildman–Crippen LogP) is 1.36. The first-order valence-corrected chi connectivity index (χ1v) is 4.08. The largest absolute Gasteiger partial charge is 0.303 e. The Morgan fingerprint density at radius 2 is 2.20 bits per heavy atom. The summed E-state index contributed by atoms with van der Waals surface area (Å²) in [7, 11) is 0. The van der Waals surface area contributed by atoms with Gasteiger partial charge in [0.2, 0.25) is 0 Å². The molecule has 58 valence electrons. The van der Waals surface area contributed by atoms with Crippen LogP contribution in [0.4, 0.5) is 0 Å². The second-order valence-electron chi connectivity index (χ2n) is 1.91. The van der Waals surface area contributed by atoms with E-state index in [1.165, 1.54) is 0 Å². The number of hydrogen-bond acceptors (Lipinski definition) is 3. The minimum Gasteiger partial charge on any atom is -0.303 e. The molecule has 0 aromatic heterocycles. The Balaban J connectivity index is 2.94. The van der Waals surface area contributed by atoms with Gasteiger partial charge >= 0.3 is 0 Å². The standard InChI is InChI=1S/C7H13NOS/c9-6-3-1-2-4-8-5-7-10/h4,6,10H,1-3,5,7H2. The molecule has 0 radical (unpaired) electrons. The molecule has 0 N–H and O–H groups in total. The molecule has 0 saturated heterocycles. The molecule has 3 heteroatoms. The van der Waals surface area contributed by atoms with Crippen LogP contribution >= 0.6 is 12.6 Å². The Hall–Kier alpha value is -0.310. The summed E-state index contributed by atoms with van der Waals surface area (Å²) in [6, 6.07) is 0. The number of thiol groups is 1. The summed E-state index contributed by atoms with van der Waals surface area (Å²) < 4.78 is 0. The summed E-state index contributed by atoms with van der Waals surface area (Å²) in [5, 5.41) is 0. The van der Waals surface area contributed by atoms with E-state index in [4.69, 9.17) is 0 Å². The number of nitrogens with zero attached hydrogens (tertiary/aromatic N) is 1. The van der Waals surface area contributed by atoms with E-state index in [0.717, 1.165) is 31.4 Å². The van der Waals surface area contributed by atoms with Gasteiger partial charge in [-0.1, -0.05) is 0 Å². The van der Waals surface area contributed by atoms with Crippen molar-refractivity contribution in [3.8, 4) is 0 Å². The van der Waals surface area contributed by atoms with Crippen molar-refractivity contribution in [1.29, 1.82) is 0 Å². The summed E-state index contributed by atoms with van der Waals surface area (Å²) >= 11 is 3.99. The van der Waals surface area contributed by atoms with Crippen molar-refractivity contribution in [3.05, 3.63) is 0 Å². The van der Waals surface area contributed by atoms with Gasteiger partial charge in [-0.25, -0.2) is 0 Å². The molecular formula is C7H13NOS. The van der Waals surface area contributed by atoms with Crippen LogP contribution in [0.2, 0.25) is 0 Å². The lowest BCUT2D eigenvalue weighted by Crippen LogP contribution is -1.83. The second kappa shape index (κ2) is 8.69. The molecule has 0 bridgehead atoms. The number of aliphatic imine (C=N–C) groups is 1. The number of aldehydes is 1. The second-order valence-corrected chi connectivity index (χ2v) is 2.36. The fraction of sp³-hybridized carbons (Fsp3) is 0.714. The van der Waals surface area contributed by atoms with Gasteiger partial charge in [0.1, 0.15) is 6.29 Å². The van der Waals surface area contributed by atoms with E-state index in [1.54, 1.807) is 0 Å². The van der Waals surface area contributed by atoms with Crippen LogP contribution in [0.15, 0.2) is 4.99 Å². The molecule has 0 aromatic rings. The Morgan fingerprint density at radius 1 is 1.40 bits per heavy atom. The quantitative estimate of drug-likeness (QED) is 0.269. The number of hydrogen-bond donors (Lipinski definition) is 1. The van der Waals surface area contributed by atoms with Gasteiger partial charge in [0.05, 0.1) is 0 Å². The molecule has 0 atom stereocenters.